The van der Waals surface area contributed by atoms with Crippen molar-refractivity contribution in [2.75, 3.05) is 0 Å². The Bertz CT molecular complexity index is 308. The molecule has 2 heteroatoms. The average molecular weight is 236 g/mol. The van der Waals surface area contributed by atoms with Gasteiger partial charge in [0.05, 0.1) is 0 Å². The summed E-state index contributed by atoms with van der Waals surface area (Å²) in [6, 6.07) is 0. The van der Waals surface area contributed by atoms with E-state index in [1.807, 2.05) is 0 Å². The topological polar surface area (TPSA) is 26.3 Å². The Labute approximate surface area is 104 Å². The minimum atomic E-state index is -0.110. The van der Waals surface area contributed by atoms with Gasteiger partial charge in [0, 0.05) is 12.8 Å². The largest absolute Gasteiger partial charge is 0.459 e. The van der Waals surface area contributed by atoms with Crippen LogP contribution >= 0.6 is 0 Å². The van der Waals surface area contributed by atoms with Crippen LogP contribution in [0.3, 0.4) is 0 Å². The van der Waals surface area contributed by atoms with Gasteiger partial charge < -0.3 is 4.74 Å². The Morgan fingerprint density at radius 3 is 2.94 bits per heavy atom. The van der Waals surface area contributed by atoms with Gasteiger partial charge in [0.1, 0.15) is 5.60 Å². The zero-order valence-corrected chi connectivity index (χ0v) is 11.1. The highest BCUT2D eigenvalue weighted by molar-refractivity contribution is 5.67. The number of rotatable bonds is 5. The third kappa shape index (κ3) is 3.11. The van der Waals surface area contributed by atoms with E-state index in [1.54, 1.807) is 0 Å². The minimum absolute atomic E-state index is 0.0911. The quantitative estimate of drug-likeness (QED) is 0.411. The van der Waals surface area contributed by atoms with E-state index < -0.39 is 0 Å². The molecule has 2 aliphatic rings. The lowest BCUT2D eigenvalue weighted by atomic mass is 9.94. The number of carbonyl (C=O) groups excluding carboxylic acids is 1. The molecule has 1 saturated carbocycles. The molecular weight excluding hydrogens is 212 g/mol. The van der Waals surface area contributed by atoms with E-state index in [2.05, 4.69) is 19.1 Å². The van der Waals surface area contributed by atoms with Crippen LogP contribution in [-0.4, -0.2) is 11.6 Å². The molecule has 0 N–H and O–H groups in total. The molecule has 0 aromatic heterocycles. The molecule has 2 aliphatic carbocycles. The van der Waals surface area contributed by atoms with E-state index in [4.69, 9.17) is 4.74 Å². The van der Waals surface area contributed by atoms with Crippen LogP contribution in [0.25, 0.3) is 0 Å². The maximum atomic E-state index is 11.2. The number of esters is 1. The molecule has 0 amide bonds. The molecule has 2 rings (SSSR count). The maximum Gasteiger partial charge on any atom is 0.303 e. The van der Waals surface area contributed by atoms with E-state index in [0.717, 1.165) is 19.3 Å². The van der Waals surface area contributed by atoms with Gasteiger partial charge >= 0.3 is 5.97 Å². The Balaban J connectivity index is 1.89. The molecule has 0 aromatic rings. The molecule has 17 heavy (non-hydrogen) atoms. The number of ether oxygens (including phenoxy) is 1. The smallest absolute Gasteiger partial charge is 0.303 e. The number of unbranched alkanes of at least 4 members (excludes halogenated alkanes) is 2. The zero-order valence-electron chi connectivity index (χ0n) is 11.1. The van der Waals surface area contributed by atoms with Crippen LogP contribution < -0.4 is 0 Å². The van der Waals surface area contributed by atoms with Crippen molar-refractivity contribution >= 4 is 5.97 Å². The Morgan fingerprint density at radius 2 is 2.24 bits per heavy atom. The van der Waals surface area contributed by atoms with Crippen LogP contribution in [0.1, 0.15) is 58.8 Å². The van der Waals surface area contributed by atoms with Crippen LogP contribution in [0, 0.1) is 11.8 Å². The Hall–Kier alpha value is -0.790. The summed E-state index contributed by atoms with van der Waals surface area (Å²) in [5, 5.41) is 0. The van der Waals surface area contributed by atoms with Crippen molar-refractivity contribution in [2.24, 2.45) is 11.8 Å². The predicted octanol–water partition coefficient (Wildman–Crippen LogP) is 3.85. The molecule has 0 heterocycles. The average Bonchev–Trinajstić information content (AvgIpc) is 2.90. The third-order valence-electron chi connectivity index (χ3n) is 4.14. The second-order valence-corrected chi connectivity index (χ2v) is 5.68. The molecule has 0 saturated heterocycles. The fourth-order valence-corrected chi connectivity index (χ4v) is 3.16. The first-order chi connectivity index (χ1) is 8.16. The molecule has 0 spiro atoms. The summed E-state index contributed by atoms with van der Waals surface area (Å²) in [6.07, 6.45) is 13.0. The van der Waals surface area contributed by atoms with Crippen LogP contribution in [0.4, 0.5) is 0 Å². The van der Waals surface area contributed by atoms with Gasteiger partial charge in [0.2, 0.25) is 0 Å². The van der Waals surface area contributed by atoms with Crippen molar-refractivity contribution in [3.63, 3.8) is 0 Å². The normalized spacial score (nSPS) is 34.9. The lowest BCUT2D eigenvalue weighted by Gasteiger charge is -2.21. The number of fused-ring (bicyclic) bond motifs is 1. The maximum absolute atomic E-state index is 11.2. The molecular formula is C15H24O2. The van der Waals surface area contributed by atoms with E-state index in [9.17, 15) is 4.79 Å². The van der Waals surface area contributed by atoms with Crippen LogP contribution in [0.2, 0.25) is 0 Å². The lowest BCUT2D eigenvalue weighted by molar-refractivity contribution is -0.150. The summed E-state index contributed by atoms with van der Waals surface area (Å²) >= 11 is 0. The van der Waals surface area contributed by atoms with Crippen LogP contribution in [-0.2, 0) is 9.53 Å². The molecule has 0 aliphatic heterocycles. The van der Waals surface area contributed by atoms with Gasteiger partial charge in [-0.25, -0.2) is 0 Å². The third-order valence-corrected chi connectivity index (χ3v) is 4.14. The fourth-order valence-electron chi connectivity index (χ4n) is 3.16. The molecule has 1 unspecified atom stereocenters. The summed E-state index contributed by atoms with van der Waals surface area (Å²) in [5.41, 5.74) is -0.0911. The first-order valence-corrected chi connectivity index (χ1v) is 7.02. The minimum Gasteiger partial charge on any atom is -0.459 e. The van der Waals surface area contributed by atoms with Gasteiger partial charge in [0.15, 0.2) is 0 Å². The molecule has 1 fully saturated rings. The van der Waals surface area contributed by atoms with Gasteiger partial charge in [-0.15, -0.1) is 0 Å². The molecule has 0 aromatic carbocycles. The van der Waals surface area contributed by atoms with Crippen molar-refractivity contribution in [1.29, 1.82) is 0 Å². The van der Waals surface area contributed by atoms with E-state index >= 15 is 0 Å². The van der Waals surface area contributed by atoms with E-state index in [-0.39, 0.29) is 11.6 Å². The standard InChI is InChI=1S/C15H24O2/c1-3-4-5-7-13-8-6-9-14-11-15(14,10-13)17-12(2)16/h6,8,13-14H,3-5,7,9-11H2,1-2H3/t13?,14-,15+/m1/s1. The van der Waals surface area contributed by atoms with Crippen molar-refractivity contribution < 1.29 is 9.53 Å². The highest BCUT2D eigenvalue weighted by Crippen LogP contribution is 2.55. The number of allylic oxidation sites excluding steroid dienone is 2. The number of hydrogen-bond acceptors (Lipinski definition) is 2. The van der Waals surface area contributed by atoms with Crippen molar-refractivity contribution in [1.82, 2.24) is 0 Å². The van der Waals surface area contributed by atoms with E-state index in [1.165, 1.54) is 32.6 Å². The Morgan fingerprint density at radius 1 is 1.41 bits per heavy atom. The summed E-state index contributed by atoms with van der Waals surface area (Å²) in [6.45, 7) is 3.77. The fraction of sp³-hybridized carbons (Fsp3) is 0.800. The van der Waals surface area contributed by atoms with Crippen molar-refractivity contribution in [3.05, 3.63) is 12.2 Å². The van der Waals surface area contributed by atoms with Gasteiger partial charge in [0.25, 0.3) is 0 Å². The highest BCUT2D eigenvalue weighted by Gasteiger charge is 2.57. The monoisotopic (exact) mass is 236 g/mol. The second kappa shape index (κ2) is 5.24. The highest BCUT2D eigenvalue weighted by atomic mass is 16.6. The Kier molecular flexibility index (Phi) is 3.90. The predicted molar refractivity (Wildman–Crippen MR) is 68.6 cm³/mol. The molecule has 96 valence electrons. The molecule has 2 nitrogen and oxygen atoms in total. The van der Waals surface area contributed by atoms with Crippen LogP contribution in [0.15, 0.2) is 12.2 Å². The summed E-state index contributed by atoms with van der Waals surface area (Å²) in [4.78, 5) is 11.2. The lowest BCUT2D eigenvalue weighted by Crippen LogP contribution is -2.23. The molecule has 0 bridgehead atoms. The summed E-state index contributed by atoms with van der Waals surface area (Å²) in [7, 11) is 0. The van der Waals surface area contributed by atoms with Gasteiger partial charge in [-0.05, 0) is 31.6 Å². The molecule has 0 radical (unpaired) electrons. The summed E-state index contributed by atoms with van der Waals surface area (Å²) < 4.78 is 5.59. The van der Waals surface area contributed by atoms with E-state index in [0.29, 0.717) is 11.8 Å². The van der Waals surface area contributed by atoms with Gasteiger partial charge in [-0.3, -0.25) is 4.79 Å². The van der Waals surface area contributed by atoms with Gasteiger partial charge in [-0.1, -0.05) is 38.3 Å². The van der Waals surface area contributed by atoms with Crippen LogP contribution in [0.5, 0.6) is 0 Å². The van der Waals surface area contributed by atoms with Gasteiger partial charge in [-0.2, -0.15) is 0 Å². The summed E-state index contributed by atoms with van der Waals surface area (Å²) in [5.74, 6) is 1.11. The first kappa shape index (κ1) is 12.7. The second-order valence-electron chi connectivity index (χ2n) is 5.68. The van der Waals surface area contributed by atoms with Crippen molar-refractivity contribution in [2.45, 2.75) is 64.4 Å². The zero-order chi connectivity index (χ0) is 12.3. The number of carbonyl (C=O) groups is 1. The SMILES string of the molecule is CCCCCC1C=CC[C@@H]2C[C@@]2(OC(C)=O)C1. The van der Waals surface area contributed by atoms with Crippen molar-refractivity contribution in [3.8, 4) is 0 Å². The first-order valence-electron chi connectivity index (χ1n) is 7.02. The number of hydrogen-bond donors (Lipinski definition) is 0. The molecule has 3 atom stereocenters.